The molecule has 9 heavy (non-hydrogen) atoms. The summed E-state index contributed by atoms with van der Waals surface area (Å²) in [5, 5.41) is 0. The minimum absolute atomic E-state index is 0.0737. The van der Waals surface area contributed by atoms with Crippen LogP contribution in [0.3, 0.4) is 0 Å². The molecule has 0 unspecified atom stereocenters. The number of hydrogen-bond acceptors (Lipinski definition) is 2. The van der Waals surface area contributed by atoms with E-state index in [2.05, 4.69) is 0 Å². The molecule has 2 heteroatoms. The third-order valence-corrected chi connectivity index (χ3v) is 0.822. The molecule has 2 nitrogen and oxygen atoms in total. The van der Waals surface area contributed by atoms with E-state index in [1.54, 1.807) is 13.2 Å². The maximum Gasteiger partial charge on any atom is 0.152 e. The fraction of sp³-hybridized carbons (Fsp3) is 0.571. The smallest absolute Gasteiger partial charge is 0.152 e. The summed E-state index contributed by atoms with van der Waals surface area (Å²) in [6.07, 6.45) is 1.57. The van der Waals surface area contributed by atoms with Crippen molar-refractivity contribution in [1.82, 2.24) is 0 Å². The van der Waals surface area contributed by atoms with E-state index in [9.17, 15) is 4.79 Å². The van der Waals surface area contributed by atoms with Crippen LogP contribution in [0.1, 0.15) is 13.8 Å². The molecule has 0 aliphatic carbocycles. The number of hydrogen-bond donors (Lipinski definition) is 0. The lowest BCUT2D eigenvalue weighted by molar-refractivity contribution is -0.112. The van der Waals surface area contributed by atoms with Crippen LogP contribution in [0.4, 0.5) is 0 Å². The number of carbonyl (C=O) groups excluding carboxylic acids is 1. The third kappa shape index (κ3) is 5.24. The van der Waals surface area contributed by atoms with Crippen molar-refractivity contribution in [2.45, 2.75) is 13.8 Å². The molecule has 0 aliphatic rings. The lowest BCUT2D eigenvalue weighted by Gasteiger charge is -1.94. The van der Waals surface area contributed by atoms with E-state index in [0.717, 1.165) is 5.57 Å². The topological polar surface area (TPSA) is 26.3 Å². The van der Waals surface area contributed by atoms with Crippen molar-refractivity contribution in [3.05, 3.63) is 11.6 Å². The molecule has 0 fully saturated rings. The van der Waals surface area contributed by atoms with E-state index in [1.165, 1.54) is 6.92 Å². The zero-order valence-electron chi connectivity index (χ0n) is 6.10. The second kappa shape index (κ2) is 4.27. The normalized spacial score (nSPS) is 11.7. The fourth-order valence-electron chi connectivity index (χ4n) is 0.616. The van der Waals surface area contributed by atoms with Crippen molar-refractivity contribution in [3.8, 4) is 0 Å². The molecule has 0 saturated carbocycles. The van der Waals surface area contributed by atoms with Gasteiger partial charge in [0.25, 0.3) is 0 Å². The first-order chi connectivity index (χ1) is 4.16. The Morgan fingerprint density at radius 3 is 2.44 bits per heavy atom. The Bertz CT molecular complexity index is 125. The molecule has 0 amide bonds. The molecule has 0 radical (unpaired) electrons. The molecule has 0 aromatic carbocycles. The summed E-state index contributed by atoms with van der Waals surface area (Å²) in [4.78, 5) is 10.4. The average molecular weight is 128 g/mol. The molecular weight excluding hydrogens is 116 g/mol. The van der Waals surface area contributed by atoms with Crippen molar-refractivity contribution in [1.29, 1.82) is 0 Å². The monoisotopic (exact) mass is 128 g/mol. The Morgan fingerprint density at radius 1 is 1.56 bits per heavy atom. The largest absolute Gasteiger partial charge is 0.380 e. The van der Waals surface area contributed by atoms with Gasteiger partial charge in [0, 0.05) is 7.11 Å². The quantitative estimate of drug-likeness (QED) is 0.533. The second-order valence-electron chi connectivity index (χ2n) is 2.03. The molecule has 0 atom stereocenters. The van der Waals surface area contributed by atoms with Gasteiger partial charge in [0.1, 0.15) is 0 Å². The zero-order valence-corrected chi connectivity index (χ0v) is 6.10. The lowest BCUT2D eigenvalue weighted by Crippen LogP contribution is -1.92. The summed E-state index contributed by atoms with van der Waals surface area (Å²) in [5.41, 5.74) is 0.963. The van der Waals surface area contributed by atoms with E-state index < -0.39 is 0 Å². The summed E-state index contributed by atoms with van der Waals surface area (Å²) in [7, 11) is 1.61. The van der Waals surface area contributed by atoms with Crippen LogP contribution in [0, 0.1) is 0 Å². The molecule has 0 rings (SSSR count). The predicted molar refractivity (Wildman–Crippen MR) is 36.3 cm³/mol. The number of ketones is 1. The SMILES string of the molecule is COCC(C)=CC(C)=O. The van der Waals surface area contributed by atoms with Gasteiger partial charge in [-0.2, -0.15) is 0 Å². The standard InChI is InChI=1S/C7H12O2/c1-6(5-9-3)4-7(2)8/h4H,5H2,1-3H3. The summed E-state index contributed by atoms with van der Waals surface area (Å²) in [6, 6.07) is 0. The first-order valence-corrected chi connectivity index (χ1v) is 2.83. The molecule has 52 valence electrons. The van der Waals surface area contributed by atoms with Crippen molar-refractivity contribution in [2.24, 2.45) is 0 Å². The highest BCUT2D eigenvalue weighted by atomic mass is 16.5. The third-order valence-electron chi connectivity index (χ3n) is 0.822. The molecule has 0 spiro atoms. The Kier molecular flexibility index (Phi) is 3.97. The highest BCUT2D eigenvalue weighted by molar-refractivity contribution is 5.87. The molecule has 0 aromatic heterocycles. The van der Waals surface area contributed by atoms with Crippen LogP contribution in [-0.2, 0) is 9.53 Å². The highest BCUT2D eigenvalue weighted by Gasteiger charge is 1.88. The van der Waals surface area contributed by atoms with Gasteiger partial charge in [-0.25, -0.2) is 0 Å². The summed E-state index contributed by atoms with van der Waals surface area (Å²) in [5.74, 6) is 0.0737. The van der Waals surface area contributed by atoms with Crippen molar-refractivity contribution in [3.63, 3.8) is 0 Å². The Hall–Kier alpha value is -0.630. The molecule has 0 bridgehead atoms. The van der Waals surface area contributed by atoms with E-state index >= 15 is 0 Å². The van der Waals surface area contributed by atoms with Gasteiger partial charge < -0.3 is 4.74 Å². The van der Waals surface area contributed by atoms with E-state index in [-0.39, 0.29) is 5.78 Å². The number of ether oxygens (including phenoxy) is 1. The van der Waals surface area contributed by atoms with Gasteiger partial charge in [-0.3, -0.25) is 4.79 Å². The Balaban J connectivity index is 3.69. The Morgan fingerprint density at radius 2 is 2.11 bits per heavy atom. The number of methoxy groups -OCH3 is 1. The van der Waals surface area contributed by atoms with Crippen LogP contribution in [0.2, 0.25) is 0 Å². The van der Waals surface area contributed by atoms with E-state index in [0.29, 0.717) is 6.61 Å². The molecule has 0 N–H and O–H groups in total. The second-order valence-corrected chi connectivity index (χ2v) is 2.03. The fourth-order valence-corrected chi connectivity index (χ4v) is 0.616. The average Bonchev–Trinajstić information content (AvgIpc) is 1.63. The molecule has 0 aromatic rings. The van der Waals surface area contributed by atoms with E-state index in [4.69, 9.17) is 4.74 Å². The minimum atomic E-state index is 0.0737. The highest BCUT2D eigenvalue weighted by Crippen LogP contribution is 1.91. The molecule has 0 aliphatic heterocycles. The van der Waals surface area contributed by atoms with Crippen molar-refractivity contribution in [2.75, 3.05) is 13.7 Å². The summed E-state index contributed by atoms with van der Waals surface area (Å²) >= 11 is 0. The summed E-state index contributed by atoms with van der Waals surface area (Å²) < 4.78 is 4.78. The number of allylic oxidation sites excluding steroid dienone is 1. The zero-order chi connectivity index (χ0) is 7.28. The number of rotatable bonds is 3. The number of carbonyl (C=O) groups is 1. The molecule has 0 saturated heterocycles. The van der Waals surface area contributed by atoms with Crippen LogP contribution in [-0.4, -0.2) is 19.5 Å². The van der Waals surface area contributed by atoms with Gasteiger partial charge in [-0.15, -0.1) is 0 Å². The maximum absolute atomic E-state index is 10.4. The van der Waals surface area contributed by atoms with Gasteiger partial charge in [0.2, 0.25) is 0 Å². The van der Waals surface area contributed by atoms with E-state index in [1.807, 2.05) is 6.92 Å². The van der Waals surface area contributed by atoms with Gasteiger partial charge in [-0.1, -0.05) is 0 Å². The minimum Gasteiger partial charge on any atom is -0.380 e. The predicted octanol–water partition coefficient (Wildman–Crippen LogP) is 1.17. The van der Waals surface area contributed by atoms with Crippen molar-refractivity contribution >= 4 is 5.78 Å². The van der Waals surface area contributed by atoms with Gasteiger partial charge in [-0.05, 0) is 25.5 Å². The Labute approximate surface area is 55.5 Å². The maximum atomic E-state index is 10.4. The first-order valence-electron chi connectivity index (χ1n) is 2.83. The molecular formula is C7H12O2. The summed E-state index contributed by atoms with van der Waals surface area (Å²) in [6.45, 7) is 3.93. The van der Waals surface area contributed by atoms with Crippen LogP contribution in [0.25, 0.3) is 0 Å². The van der Waals surface area contributed by atoms with Crippen LogP contribution in [0.15, 0.2) is 11.6 Å². The lowest BCUT2D eigenvalue weighted by atomic mass is 10.2. The van der Waals surface area contributed by atoms with Crippen LogP contribution in [0.5, 0.6) is 0 Å². The van der Waals surface area contributed by atoms with Gasteiger partial charge >= 0.3 is 0 Å². The van der Waals surface area contributed by atoms with Crippen LogP contribution >= 0.6 is 0 Å². The van der Waals surface area contributed by atoms with Crippen molar-refractivity contribution < 1.29 is 9.53 Å². The van der Waals surface area contributed by atoms with Crippen LogP contribution < -0.4 is 0 Å². The van der Waals surface area contributed by atoms with Gasteiger partial charge in [0.05, 0.1) is 6.61 Å². The van der Waals surface area contributed by atoms with Gasteiger partial charge in [0.15, 0.2) is 5.78 Å². The molecule has 0 heterocycles. The first kappa shape index (κ1) is 8.37.